The summed E-state index contributed by atoms with van der Waals surface area (Å²) >= 11 is 6.73. The van der Waals surface area contributed by atoms with Crippen LogP contribution in [0.5, 0.6) is 5.75 Å². The number of hydrogen-bond acceptors (Lipinski definition) is 3. The van der Waals surface area contributed by atoms with E-state index in [0.717, 1.165) is 14.5 Å². The van der Waals surface area contributed by atoms with Gasteiger partial charge in [-0.25, -0.2) is 4.79 Å². The molecule has 0 fully saturated rings. The minimum atomic E-state index is -0.532. The molecule has 0 aliphatic heterocycles. The number of ether oxygens (including phenoxy) is 1. The first-order valence-corrected chi connectivity index (χ1v) is 7.57. The van der Waals surface area contributed by atoms with E-state index in [1.165, 1.54) is 0 Å². The predicted octanol–water partition coefficient (Wildman–Crippen LogP) is 3.13. The van der Waals surface area contributed by atoms with Gasteiger partial charge < -0.3 is 10.1 Å². The summed E-state index contributed by atoms with van der Waals surface area (Å²) in [7, 11) is 0. The number of benzene rings is 1. The molecule has 1 aromatic carbocycles. The largest absolute Gasteiger partial charge is 0.481 e. The van der Waals surface area contributed by atoms with Crippen molar-refractivity contribution in [3.63, 3.8) is 0 Å². The van der Waals surface area contributed by atoms with Crippen molar-refractivity contribution in [2.75, 3.05) is 6.61 Å². The lowest BCUT2D eigenvalue weighted by molar-refractivity contribution is -0.122. The normalized spacial score (nSPS) is 10.3. The summed E-state index contributed by atoms with van der Waals surface area (Å²) in [5.74, 6) is 0.0116. The highest BCUT2D eigenvalue weighted by molar-refractivity contribution is 9.11. The summed E-state index contributed by atoms with van der Waals surface area (Å²) in [6, 6.07) is 3.19. The summed E-state index contributed by atoms with van der Waals surface area (Å²) in [5.41, 5.74) is 1.05. The Morgan fingerprint density at radius 3 is 2.30 bits per heavy atom. The van der Waals surface area contributed by atoms with E-state index in [4.69, 9.17) is 4.74 Å². The number of aryl methyl sites for hydroxylation is 1. The van der Waals surface area contributed by atoms with Crippen LogP contribution >= 0.6 is 31.9 Å². The Morgan fingerprint density at radius 1 is 1.25 bits per heavy atom. The van der Waals surface area contributed by atoms with Crippen molar-refractivity contribution < 1.29 is 14.3 Å². The van der Waals surface area contributed by atoms with Gasteiger partial charge in [-0.15, -0.1) is 0 Å². The molecule has 110 valence electrons. The smallest absolute Gasteiger partial charge is 0.321 e. The van der Waals surface area contributed by atoms with Gasteiger partial charge in [0.1, 0.15) is 5.75 Å². The average Bonchev–Trinajstić information content (AvgIpc) is 2.25. The van der Waals surface area contributed by atoms with Crippen molar-refractivity contribution in [3.8, 4) is 5.75 Å². The van der Waals surface area contributed by atoms with Crippen LogP contribution in [-0.4, -0.2) is 24.6 Å². The van der Waals surface area contributed by atoms with Gasteiger partial charge in [0.05, 0.1) is 8.95 Å². The zero-order valence-corrected chi connectivity index (χ0v) is 14.6. The third-order valence-corrected chi connectivity index (χ3v) is 3.34. The van der Waals surface area contributed by atoms with Gasteiger partial charge in [0.15, 0.2) is 6.61 Å². The molecule has 0 saturated heterocycles. The molecule has 0 saturated carbocycles. The van der Waals surface area contributed by atoms with Crippen LogP contribution in [0.15, 0.2) is 21.1 Å². The number of hydrogen-bond donors (Lipinski definition) is 2. The Kier molecular flexibility index (Phi) is 6.48. The van der Waals surface area contributed by atoms with Crippen LogP contribution in [0.2, 0.25) is 0 Å². The highest BCUT2D eigenvalue weighted by Gasteiger charge is 2.12. The van der Waals surface area contributed by atoms with Gasteiger partial charge in [0.25, 0.3) is 5.91 Å². The average molecular weight is 408 g/mol. The molecule has 0 heterocycles. The second kappa shape index (κ2) is 7.64. The lowest BCUT2D eigenvalue weighted by Crippen LogP contribution is -2.44. The first kappa shape index (κ1) is 17.0. The lowest BCUT2D eigenvalue weighted by Gasteiger charge is -2.12. The summed E-state index contributed by atoms with van der Waals surface area (Å²) in [6.45, 7) is 5.32. The highest BCUT2D eigenvalue weighted by atomic mass is 79.9. The molecule has 1 aromatic rings. The quantitative estimate of drug-likeness (QED) is 0.805. The number of carbonyl (C=O) groups excluding carboxylic acids is 2. The van der Waals surface area contributed by atoms with Gasteiger partial charge in [-0.2, -0.15) is 0 Å². The van der Waals surface area contributed by atoms with E-state index in [0.29, 0.717) is 5.75 Å². The topological polar surface area (TPSA) is 67.4 Å². The van der Waals surface area contributed by atoms with E-state index in [-0.39, 0.29) is 12.6 Å². The molecule has 0 atom stereocenters. The van der Waals surface area contributed by atoms with E-state index in [1.807, 2.05) is 19.1 Å². The van der Waals surface area contributed by atoms with E-state index in [9.17, 15) is 9.59 Å². The molecule has 1 rings (SSSR count). The fraction of sp³-hybridized carbons (Fsp3) is 0.385. The molecule has 0 radical (unpaired) electrons. The number of amides is 3. The number of halogens is 2. The van der Waals surface area contributed by atoms with Gasteiger partial charge >= 0.3 is 6.03 Å². The second-order valence-corrected chi connectivity index (χ2v) is 6.23. The maximum absolute atomic E-state index is 11.6. The molecular weight excluding hydrogens is 392 g/mol. The zero-order chi connectivity index (χ0) is 15.3. The molecule has 0 aliphatic rings. The molecule has 0 aromatic heterocycles. The summed E-state index contributed by atoms with van der Waals surface area (Å²) in [5, 5.41) is 4.74. The Balaban J connectivity index is 2.55. The first-order chi connectivity index (χ1) is 9.29. The standard InChI is InChI=1S/C13H16Br2N2O3/c1-7(2)16-13(19)17-11(18)6-20-12-9(14)4-8(3)5-10(12)15/h4-5,7H,6H2,1-3H3,(H2,16,17,18,19). The first-order valence-electron chi connectivity index (χ1n) is 5.98. The summed E-state index contributed by atoms with van der Waals surface area (Å²) in [4.78, 5) is 22.9. The second-order valence-electron chi connectivity index (χ2n) is 4.52. The van der Waals surface area contributed by atoms with E-state index in [2.05, 4.69) is 42.5 Å². The van der Waals surface area contributed by atoms with Gasteiger partial charge in [-0.05, 0) is 70.3 Å². The molecule has 20 heavy (non-hydrogen) atoms. The van der Waals surface area contributed by atoms with E-state index in [1.54, 1.807) is 13.8 Å². The molecule has 0 spiro atoms. The molecule has 0 bridgehead atoms. The molecule has 3 amide bonds. The number of rotatable bonds is 4. The van der Waals surface area contributed by atoms with Gasteiger partial charge in [-0.3, -0.25) is 10.1 Å². The number of nitrogens with one attached hydrogen (secondary N) is 2. The van der Waals surface area contributed by atoms with Gasteiger partial charge in [0, 0.05) is 6.04 Å². The SMILES string of the molecule is Cc1cc(Br)c(OCC(=O)NC(=O)NC(C)C)c(Br)c1. The minimum Gasteiger partial charge on any atom is -0.481 e. The zero-order valence-electron chi connectivity index (χ0n) is 11.4. The third-order valence-electron chi connectivity index (χ3n) is 2.16. The van der Waals surface area contributed by atoms with E-state index < -0.39 is 11.9 Å². The maximum Gasteiger partial charge on any atom is 0.321 e. The Bertz CT molecular complexity index is 495. The molecule has 0 aliphatic carbocycles. The van der Waals surface area contributed by atoms with Crippen LogP contribution in [0, 0.1) is 6.92 Å². The van der Waals surface area contributed by atoms with Crippen molar-refractivity contribution in [1.82, 2.24) is 10.6 Å². The molecule has 5 nitrogen and oxygen atoms in total. The van der Waals surface area contributed by atoms with Crippen LogP contribution in [-0.2, 0) is 4.79 Å². The van der Waals surface area contributed by atoms with Crippen LogP contribution in [0.25, 0.3) is 0 Å². The Morgan fingerprint density at radius 2 is 1.80 bits per heavy atom. The number of carbonyl (C=O) groups is 2. The molecule has 7 heteroatoms. The lowest BCUT2D eigenvalue weighted by atomic mass is 10.2. The van der Waals surface area contributed by atoms with Crippen LogP contribution in [0.4, 0.5) is 4.79 Å². The van der Waals surface area contributed by atoms with E-state index >= 15 is 0 Å². The molecule has 2 N–H and O–H groups in total. The molecule has 0 unspecified atom stereocenters. The van der Waals surface area contributed by atoms with Gasteiger partial charge in [0.2, 0.25) is 0 Å². The van der Waals surface area contributed by atoms with Gasteiger partial charge in [-0.1, -0.05) is 0 Å². The summed E-state index contributed by atoms with van der Waals surface area (Å²) < 4.78 is 6.88. The van der Waals surface area contributed by atoms with Crippen LogP contribution < -0.4 is 15.4 Å². The third kappa shape index (κ3) is 5.50. The number of urea groups is 1. The predicted molar refractivity (Wildman–Crippen MR) is 83.9 cm³/mol. The van der Waals surface area contributed by atoms with Crippen molar-refractivity contribution >= 4 is 43.8 Å². The minimum absolute atomic E-state index is 0.0379. The fourth-order valence-electron chi connectivity index (χ4n) is 1.42. The van der Waals surface area contributed by atoms with Crippen molar-refractivity contribution in [2.24, 2.45) is 0 Å². The van der Waals surface area contributed by atoms with Crippen molar-refractivity contribution in [2.45, 2.75) is 26.8 Å². The fourth-order valence-corrected chi connectivity index (χ4v) is 3.07. The van der Waals surface area contributed by atoms with Crippen LogP contribution in [0.1, 0.15) is 19.4 Å². The highest BCUT2D eigenvalue weighted by Crippen LogP contribution is 2.34. The maximum atomic E-state index is 11.6. The van der Waals surface area contributed by atoms with Crippen molar-refractivity contribution in [3.05, 3.63) is 26.6 Å². The monoisotopic (exact) mass is 406 g/mol. The van der Waals surface area contributed by atoms with Crippen LogP contribution in [0.3, 0.4) is 0 Å². The Hall–Kier alpha value is -1.08. The number of imide groups is 1. The van der Waals surface area contributed by atoms with Crippen molar-refractivity contribution in [1.29, 1.82) is 0 Å². The Labute approximate surface area is 134 Å². The molecular formula is C13H16Br2N2O3. The summed E-state index contributed by atoms with van der Waals surface area (Å²) in [6.07, 6.45) is 0.